The zero-order chi connectivity index (χ0) is 12.3. The van der Waals surface area contributed by atoms with E-state index in [0.29, 0.717) is 0 Å². The maximum atomic E-state index is 4.33. The molecule has 2 aromatic carbocycles. The van der Waals surface area contributed by atoms with Crippen molar-refractivity contribution in [2.45, 2.75) is 13.8 Å². The lowest BCUT2D eigenvalue weighted by Gasteiger charge is -2.10. The first-order valence-corrected chi connectivity index (χ1v) is 5.96. The molecule has 0 spiro atoms. The molecule has 0 aliphatic rings. The van der Waals surface area contributed by atoms with Crippen molar-refractivity contribution in [1.29, 1.82) is 0 Å². The van der Waals surface area contributed by atoms with Gasteiger partial charge >= 0.3 is 0 Å². The first-order valence-electron chi connectivity index (χ1n) is 5.96. The Labute approximate surface area is 103 Å². The molecule has 18 heavy (non-hydrogen) atoms. The number of rotatable bonds is 0. The van der Waals surface area contributed by atoms with Crippen molar-refractivity contribution in [3.05, 3.63) is 35.4 Å². The molecule has 4 aromatic rings. The Morgan fingerprint density at radius 3 is 1.61 bits per heavy atom. The van der Waals surface area contributed by atoms with E-state index in [9.17, 15) is 0 Å². The number of hydrogen-bond acceptors (Lipinski definition) is 2. The minimum atomic E-state index is 0.941. The van der Waals surface area contributed by atoms with Crippen LogP contribution in [0.4, 0.5) is 0 Å². The smallest absolute Gasteiger partial charge is 0.0961 e. The summed E-state index contributed by atoms with van der Waals surface area (Å²) in [5, 5.41) is 17.4. The van der Waals surface area contributed by atoms with Gasteiger partial charge in [-0.2, -0.15) is 0 Å². The molecule has 2 aromatic heterocycles. The molecule has 4 rings (SSSR count). The highest BCUT2D eigenvalue weighted by atomic mass is 15.1. The molecule has 0 aliphatic carbocycles. The second-order valence-electron chi connectivity index (χ2n) is 4.86. The summed E-state index contributed by atoms with van der Waals surface area (Å²) in [4.78, 5) is 0. The van der Waals surface area contributed by atoms with Crippen LogP contribution in [0.2, 0.25) is 0 Å². The summed E-state index contributed by atoms with van der Waals surface area (Å²) in [6, 6.07) is 8.39. The Kier molecular flexibility index (Phi) is 1.66. The molecule has 2 heterocycles. The van der Waals surface area contributed by atoms with Crippen LogP contribution >= 0.6 is 0 Å². The summed E-state index contributed by atoms with van der Waals surface area (Å²) < 4.78 is 0. The first-order chi connectivity index (χ1) is 8.72. The Bertz CT molecular complexity index is 756. The van der Waals surface area contributed by atoms with Gasteiger partial charge < -0.3 is 10.2 Å². The van der Waals surface area contributed by atoms with Gasteiger partial charge in [0.15, 0.2) is 0 Å². The molecule has 0 radical (unpaired) electrons. The third-order valence-electron chi connectivity index (χ3n) is 3.37. The number of nitrogens with zero attached hydrogens (tertiary/aromatic N) is 2. The lowest BCUT2D eigenvalue weighted by Crippen LogP contribution is -1.96. The van der Waals surface area contributed by atoms with E-state index in [1.165, 1.54) is 11.1 Å². The number of hydrogen-bond donors (Lipinski definition) is 2. The first kappa shape index (κ1) is 9.65. The van der Waals surface area contributed by atoms with Crippen molar-refractivity contribution in [2.24, 2.45) is 0 Å². The molecule has 0 saturated heterocycles. The predicted octanol–water partition coefficient (Wildman–Crippen LogP) is 3.21. The van der Waals surface area contributed by atoms with Gasteiger partial charge in [-0.15, -0.1) is 10.2 Å². The third-order valence-corrected chi connectivity index (χ3v) is 3.37. The van der Waals surface area contributed by atoms with Crippen molar-refractivity contribution < 1.29 is 0 Å². The SMILES string of the molecule is Cc1cc2nnc3cc(C)cc4[nH][nH]c(c1)c2c34. The summed E-state index contributed by atoms with van der Waals surface area (Å²) in [5.74, 6) is 0. The fourth-order valence-corrected chi connectivity index (χ4v) is 2.66. The Morgan fingerprint density at radius 2 is 1.17 bits per heavy atom. The van der Waals surface area contributed by atoms with Crippen molar-refractivity contribution in [3.63, 3.8) is 0 Å². The van der Waals surface area contributed by atoms with Crippen LogP contribution in [0.1, 0.15) is 11.1 Å². The monoisotopic (exact) mass is 236 g/mol. The van der Waals surface area contributed by atoms with Crippen molar-refractivity contribution in [3.8, 4) is 0 Å². The molecule has 0 atom stereocenters. The zero-order valence-electron chi connectivity index (χ0n) is 10.2. The number of aromatic nitrogens is 4. The van der Waals surface area contributed by atoms with E-state index in [1.807, 2.05) is 0 Å². The highest BCUT2D eigenvalue weighted by molar-refractivity contribution is 6.18. The maximum Gasteiger partial charge on any atom is 0.0961 e. The topological polar surface area (TPSA) is 57.4 Å². The average Bonchev–Trinajstić information content (AvgIpc) is 2.34. The van der Waals surface area contributed by atoms with Gasteiger partial charge in [0.1, 0.15) is 0 Å². The van der Waals surface area contributed by atoms with Crippen LogP contribution in [-0.4, -0.2) is 20.4 Å². The van der Waals surface area contributed by atoms with Crippen molar-refractivity contribution >= 4 is 32.8 Å². The summed E-state index contributed by atoms with van der Waals surface area (Å²) in [6.07, 6.45) is 0. The molecule has 0 aliphatic heterocycles. The summed E-state index contributed by atoms with van der Waals surface area (Å²) >= 11 is 0. The van der Waals surface area contributed by atoms with Crippen LogP contribution in [0.3, 0.4) is 0 Å². The Balaban J connectivity index is 2.41. The average molecular weight is 236 g/mol. The molecule has 0 amide bonds. The van der Waals surface area contributed by atoms with Gasteiger partial charge in [-0.1, -0.05) is 0 Å². The minimum absolute atomic E-state index is 0.941. The number of H-pyrrole nitrogens is 2. The summed E-state index contributed by atoms with van der Waals surface area (Å²) in [6.45, 7) is 4.13. The third kappa shape index (κ3) is 1.14. The highest BCUT2D eigenvalue weighted by Crippen LogP contribution is 2.30. The molecule has 88 valence electrons. The van der Waals surface area contributed by atoms with Crippen molar-refractivity contribution in [2.75, 3.05) is 0 Å². The fraction of sp³-hybridized carbons (Fsp3) is 0.143. The molecule has 0 fully saturated rings. The van der Waals surface area contributed by atoms with Crippen LogP contribution in [0.15, 0.2) is 24.3 Å². The molecule has 4 heteroatoms. The lowest BCUT2D eigenvalue weighted by molar-refractivity contribution is 1.09. The largest absolute Gasteiger partial charge is 0.300 e. The van der Waals surface area contributed by atoms with Gasteiger partial charge in [0.05, 0.1) is 22.1 Å². The molecule has 0 unspecified atom stereocenters. The molecular weight excluding hydrogens is 224 g/mol. The summed E-state index contributed by atoms with van der Waals surface area (Å²) in [5.41, 5.74) is 6.38. The van der Waals surface area contributed by atoms with Crippen LogP contribution in [0.5, 0.6) is 0 Å². The maximum absolute atomic E-state index is 4.33. The summed E-state index contributed by atoms with van der Waals surface area (Å²) in [7, 11) is 0. The fourth-order valence-electron chi connectivity index (χ4n) is 2.66. The second-order valence-corrected chi connectivity index (χ2v) is 4.86. The van der Waals surface area contributed by atoms with E-state index in [0.717, 1.165) is 32.8 Å². The zero-order valence-corrected chi connectivity index (χ0v) is 10.2. The Hall–Kier alpha value is -2.36. The Morgan fingerprint density at radius 1 is 0.722 bits per heavy atom. The van der Waals surface area contributed by atoms with Gasteiger partial charge in [0.25, 0.3) is 0 Å². The molecule has 4 nitrogen and oxygen atoms in total. The molecular formula is C14H12N4. The van der Waals surface area contributed by atoms with E-state index in [-0.39, 0.29) is 0 Å². The molecule has 0 bridgehead atoms. The van der Waals surface area contributed by atoms with Crippen LogP contribution in [0, 0.1) is 13.8 Å². The molecule has 2 N–H and O–H groups in total. The standard InChI is InChI=1S/C14H12N4/c1-7-3-9-13-10(4-7)16-18-12-6-8(2)5-11(14(12)13)17-15-9/h3-6,15,17H,1-2H3. The second kappa shape index (κ2) is 3.10. The number of aryl methyl sites for hydroxylation is 2. The lowest BCUT2D eigenvalue weighted by atomic mass is 10.0. The van der Waals surface area contributed by atoms with E-state index in [4.69, 9.17) is 0 Å². The van der Waals surface area contributed by atoms with E-state index >= 15 is 0 Å². The highest BCUT2D eigenvalue weighted by Gasteiger charge is 2.11. The van der Waals surface area contributed by atoms with E-state index < -0.39 is 0 Å². The van der Waals surface area contributed by atoms with Crippen LogP contribution in [-0.2, 0) is 0 Å². The normalized spacial score (nSPS) is 11.9. The van der Waals surface area contributed by atoms with Gasteiger partial charge in [0.2, 0.25) is 0 Å². The molecule has 0 saturated carbocycles. The quantitative estimate of drug-likeness (QED) is 0.460. The van der Waals surface area contributed by atoms with Gasteiger partial charge in [-0.3, -0.25) is 0 Å². The van der Waals surface area contributed by atoms with Gasteiger partial charge in [-0.25, -0.2) is 0 Å². The van der Waals surface area contributed by atoms with Crippen molar-refractivity contribution in [1.82, 2.24) is 20.4 Å². The predicted molar refractivity (Wildman–Crippen MR) is 72.7 cm³/mol. The van der Waals surface area contributed by atoms with Crippen LogP contribution < -0.4 is 0 Å². The number of benzene rings is 2. The van der Waals surface area contributed by atoms with Gasteiger partial charge in [-0.05, 0) is 49.2 Å². The number of nitrogens with one attached hydrogen (secondary N) is 2. The number of aromatic amines is 2. The minimum Gasteiger partial charge on any atom is -0.300 e. The van der Waals surface area contributed by atoms with E-state index in [2.05, 4.69) is 58.5 Å². The van der Waals surface area contributed by atoms with E-state index in [1.54, 1.807) is 0 Å². The van der Waals surface area contributed by atoms with Crippen LogP contribution in [0.25, 0.3) is 32.8 Å². The van der Waals surface area contributed by atoms with Gasteiger partial charge in [0, 0.05) is 10.8 Å².